The second kappa shape index (κ2) is 4.81. The number of nitrogens with zero attached hydrogens (tertiary/aromatic N) is 4. The Morgan fingerprint density at radius 2 is 2.17 bits per heavy atom. The highest BCUT2D eigenvalue weighted by Gasteiger charge is 2.21. The number of aromatic hydroxyl groups is 1. The lowest BCUT2D eigenvalue weighted by atomic mass is 10.3. The van der Waals surface area contributed by atoms with E-state index in [1.54, 1.807) is 20.2 Å². The van der Waals surface area contributed by atoms with Gasteiger partial charge in [-0.2, -0.15) is 5.10 Å². The number of carbonyl (C=O) groups excluding carboxylic acids is 1. The number of aryl methyl sites for hydroxylation is 1. The van der Waals surface area contributed by atoms with Gasteiger partial charge in [-0.25, -0.2) is 19.4 Å². The number of ether oxygens (including phenoxy) is 1. The molecule has 0 unspecified atom stereocenters. The van der Waals surface area contributed by atoms with Gasteiger partial charge in [-0.05, 0) is 13.2 Å². The van der Waals surface area contributed by atoms with Crippen molar-refractivity contribution in [2.24, 2.45) is 7.05 Å². The Morgan fingerprint density at radius 1 is 1.44 bits per heavy atom. The van der Waals surface area contributed by atoms with Crippen LogP contribution in [0.3, 0.4) is 0 Å². The van der Waals surface area contributed by atoms with Crippen molar-refractivity contribution < 1.29 is 14.6 Å². The normalized spacial score (nSPS) is 10.8. The molecule has 2 heterocycles. The first-order valence-electron chi connectivity index (χ1n) is 5.23. The van der Waals surface area contributed by atoms with Gasteiger partial charge in [0.1, 0.15) is 5.52 Å². The van der Waals surface area contributed by atoms with E-state index < -0.39 is 5.97 Å². The second-order valence-corrected chi connectivity index (χ2v) is 4.20. The standard InChI is InChI=1S/C10H12N4O3S/c1-4-17-9(16)7-5-6(8(15)14(2)13-5)11-10(12-7)18-3/h15H,4H2,1-3H3. The summed E-state index contributed by atoms with van der Waals surface area (Å²) in [5, 5.41) is 14.2. The van der Waals surface area contributed by atoms with Crippen LogP contribution in [-0.2, 0) is 11.8 Å². The molecule has 1 N–H and O–H groups in total. The molecular formula is C10H12N4O3S. The van der Waals surface area contributed by atoms with Crippen LogP contribution in [0.4, 0.5) is 0 Å². The molecule has 96 valence electrons. The number of rotatable bonds is 3. The molecule has 2 aromatic rings. The van der Waals surface area contributed by atoms with Gasteiger partial charge in [0, 0.05) is 7.05 Å². The van der Waals surface area contributed by atoms with Crippen LogP contribution in [0.5, 0.6) is 5.88 Å². The minimum Gasteiger partial charge on any atom is -0.492 e. The van der Waals surface area contributed by atoms with Crippen LogP contribution >= 0.6 is 11.8 Å². The third kappa shape index (κ3) is 1.99. The summed E-state index contributed by atoms with van der Waals surface area (Å²) in [6, 6.07) is 0. The highest BCUT2D eigenvalue weighted by atomic mass is 32.2. The van der Waals surface area contributed by atoms with E-state index >= 15 is 0 Å². The highest BCUT2D eigenvalue weighted by Crippen LogP contribution is 2.26. The fourth-order valence-corrected chi connectivity index (χ4v) is 1.83. The Bertz CT molecular complexity index is 611. The lowest BCUT2D eigenvalue weighted by Crippen LogP contribution is -2.09. The maximum Gasteiger partial charge on any atom is 0.359 e. The van der Waals surface area contributed by atoms with Crippen molar-refractivity contribution >= 4 is 28.8 Å². The van der Waals surface area contributed by atoms with Crippen molar-refractivity contribution in [3.63, 3.8) is 0 Å². The zero-order valence-corrected chi connectivity index (χ0v) is 11.0. The van der Waals surface area contributed by atoms with Gasteiger partial charge in [-0.15, -0.1) is 0 Å². The van der Waals surface area contributed by atoms with Crippen LogP contribution in [0.2, 0.25) is 0 Å². The van der Waals surface area contributed by atoms with Crippen LogP contribution in [0, 0.1) is 0 Å². The molecule has 7 nitrogen and oxygen atoms in total. The third-order valence-electron chi connectivity index (χ3n) is 2.28. The van der Waals surface area contributed by atoms with Crippen molar-refractivity contribution in [3.8, 4) is 5.88 Å². The van der Waals surface area contributed by atoms with E-state index in [-0.39, 0.29) is 29.2 Å². The Hall–Kier alpha value is -1.83. The Kier molecular flexibility index (Phi) is 3.37. The second-order valence-electron chi connectivity index (χ2n) is 3.42. The molecule has 0 amide bonds. The molecule has 0 saturated heterocycles. The molecule has 0 spiro atoms. The topological polar surface area (TPSA) is 90.1 Å². The maximum atomic E-state index is 11.8. The van der Waals surface area contributed by atoms with E-state index in [9.17, 15) is 9.90 Å². The molecule has 0 atom stereocenters. The van der Waals surface area contributed by atoms with Gasteiger partial charge in [0.25, 0.3) is 0 Å². The molecule has 0 radical (unpaired) electrons. The van der Waals surface area contributed by atoms with Crippen LogP contribution < -0.4 is 0 Å². The molecule has 2 aromatic heterocycles. The van der Waals surface area contributed by atoms with E-state index in [4.69, 9.17) is 4.74 Å². The van der Waals surface area contributed by atoms with E-state index in [1.165, 1.54) is 16.4 Å². The molecule has 0 aliphatic carbocycles. The van der Waals surface area contributed by atoms with Gasteiger partial charge in [0.2, 0.25) is 5.88 Å². The highest BCUT2D eigenvalue weighted by molar-refractivity contribution is 7.98. The molecule has 2 rings (SSSR count). The minimum absolute atomic E-state index is 0.0714. The zero-order valence-electron chi connectivity index (χ0n) is 10.2. The molecule has 0 aromatic carbocycles. The zero-order chi connectivity index (χ0) is 13.3. The number of hydrogen-bond donors (Lipinski definition) is 1. The van der Waals surface area contributed by atoms with Crippen molar-refractivity contribution in [2.45, 2.75) is 12.1 Å². The van der Waals surface area contributed by atoms with E-state index in [0.717, 1.165) is 0 Å². The van der Waals surface area contributed by atoms with E-state index in [0.29, 0.717) is 5.16 Å². The van der Waals surface area contributed by atoms with Crippen molar-refractivity contribution in [3.05, 3.63) is 5.69 Å². The van der Waals surface area contributed by atoms with Gasteiger partial charge in [0.05, 0.1) is 6.61 Å². The Labute approximate surface area is 107 Å². The molecule has 0 fully saturated rings. The predicted octanol–water partition coefficient (Wildman–Crippen LogP) is 0.968. The Morgan fingerprint density at radius 3 is 2.78 bits per heavy atom. The monoisotopic (exact) mass is 268 g/mol. The molecular weight excluding hydrogens is 256 g/mol. The number of fused-ring (bicyclic) bond motifs is 1. The summed E-state index contributed by atoms with van der Waals surface area (Å²) < 4.78 is 6.16. The van der Waals surface area contributed by atoms with E-state index in [1.807, 2.05) is 0 Å². The summed E-state index contributed by atoms with van der Waals surface area (Å²) in [5.41, 5.74) is 0.563. The summed E-state index contributed by atoms with van der Waals surface area (Å²) in [7, 11) is 1.56. The summed E-state index contributed by atoms with van der Waals surface area (Å²) in [5.74, 6) is -0.674. The summed E-state index contributed by atoms with van der Waals surface area (Å²) in [6.07, 6.45) is 1.78. The average Bonchev–Trinajstić information content (AvgIpc) is 2.65. The molecule has 0 aliphatic heterocycles. The maximum absolute atomic E-state index is 11.8. The number of hydrogen-bond acceptors (Lipinski definition) is 7. The first-order chi connectivity index (χ1) is 8.58. The quantitative estimate of drug-likeness (QED) is 0.504. The number of thioether (sulfide) groups is 1. The number of carbonyl (C=O) groups is 1. The van der Waals surface area contributed by atoms with Gasteiger partial charge >= 0.3 is 5.97 Å². The van der Waals surface area contributed by atoms with Gasteiger partial charge < -0.3 is 9.84 Å². The lowest BCUT2D eigenvalue weighted by Gasteiger charge is -2.02. The summed E-state index contributed by atoms with van der Waals surface area (Å²) in [4.78, 5) is 20.0. The molecule has 0 bridgehead atoms. The first kappa shape index (κ1) is 12.6. The molecule has 0 aliphatic rings. The van der Waals surface area contributed by atoms with Crippen molar-refractivity contribution in [1.29, 1.82) is 0 Å². The molecule has 0 saturated carbocycles. The average molecular weight is 268 g/mol. The first-order valence-corrected chi connectivity index (χ1v) is 6.45. The fraction of sp³-hybridized carbons (Fsp3) is 0.400. The SMILES string of the molecule is CCOC(=O)c1nc(SC)nc2c(O)n(C)nc12. The van der Waals surface area contributed by atoms with Gasteiger partial charge in [-0.1, -0.05) is 11.8 Å². The number of aromatic nitrogens is 4. The van der Waals surface area contributed by atoms with Gasteiger partial charge in [-0.3, -0.25) is 0 Å². The van der Waals surface area contributed by atoms with Crippen molar-refractivity contribution in [2.75, 3.05) is 12.9 Å². The largest absolute Gasteiger partial charge is 0.492 e. The smallest absolute Gasteiger partial charge is 0.359 e. The van der Waals surface area contributed by atoms with Gasteiger partial charge in [0.15, 0.2) is 16.4 Å². The van der Waals surface area contributed by atoms with E-state index in [2.05, 4.69) is 15.1 Å². The van der Waals surface area contributed by atoms with Crippen molar-refractivity contribution in [1.82, 2.24) is 19.7 Å². The van der Waals surface area contributed by atoms with Crippen LogP contribution in [0.1, 0.15) is 17.4 Å². The lowest BCUT2D eigenvalue weighted by molar-refractivity contribution is 0.0520. The third-order valence-corrected chi connectivity index (χ3v) is 2.83. The minimum atomic E-state index is -0.571. The summed E-state index contributed by atoms with van der Waals surface area (Å²) in [6.45, 7) is 1.96. The predicted molar refractivity (Wildman–Crippen MR) is 65.7 cm³/mol. The fourth-order valence-electron chi connectivity index (χ4n) is 1.47. The Balaban J connectivity index is 2.70. The van der Waals surface area contributed by atoms with Crippen LogP contribution in [0.15, 0.2) is 5.16 Å². The van der Waals surface area contributed by atoms with Crippen LogP contribution in [0.25, 0.3) is 11.0 Å². The molecule has 18 heavy (non-hydrogen) atoms. The number of esters is 1. The summed E-state index contributed by atoms with van der Waals surface area (Å²) >= 11 is 1.27. The molecule has 8 heteroatoms. The van der Waals surface area contributed by atoms with Crippen LogP contribution in [-0.4, -0.2) is 43.7 Å².